The number of piperazine rings is 1. The smallest absolute Gasteiger partial charge is 0.142 e. The lowest BCUT2D eigenvalue weighted by molar-refractivity contribution is 0.0934. The predicted octanol–water partition coefficient (Wildman–Crippen LogP) is 2.60. The molecule has 4 nitrogen and oxygen atoms in total. The maximum Gasteiger partial charge on any atom is 0.142 e. The highest BCUT2D eigenvalue weighted by Crippen LogP contribution is 2.51. The molecule has 1 aliphatic heterocycles. The molecule has 0 aromatic carbocycles. The Balaban J connectivity index is 1.79. The van der Waals surface area contributed by atoms with Crippen LogP contribution >= 0.6 is 0 Å². The van der Waals surface area contributed by atoms with Gasteiger partial charge in [0.15, 0.2) is 0 Å². The van der Waals surface area contributed by atoms with Crippen LogP contribution < -0.4 is 0 Å². The molecule has 1 saturated carbocycles. The van der Waals surface area contributed by atoms with Gasteiger partial charge in [0.2, 0.25) is 0 Å². The van der Waals surface area contributed by atoms with Crippen LogP contribution in [0.15, 0.2) is 10.6 Å². The van der Waals surface area contributed by atoms with Gasteiger partial charge in [0.05, 0.1) is 5.54 Å². The number of nitrogens with zero attached hydrogens (tertiary/aromatic N) is 3. The highest BCUT2D eigenvalue weighted by Gasteiger charge is 2.52. The van der Waals surface area contributed by atoms with Gasteiger partial charge in [-0.3, -0.25) is 4.90 Å². The minimum absolute atomic E-state index is 0.0868. The molecule has 112 valence electrons. The van der Waals surface area contributed by atoms with Crippen molar-refractivity contribution in [2.24, 2.45) is 0 Å². The van der Waals surface area contributed by atoms with Gasteiger partial charge in [-0.2, -0.15) is 0 Å². The van der Waals surface area contributed by atoms with Crippen molar-refractivity contribution in [3.63, 3.8) is 0 Å². The molecule has 1 aromatic heterocycles. The van der Waals surface area contributed by atoms with Crippen LogP contribution in [-0.4, -0.2) is 48.2 Å². The van der Waals surface area contributed by atoms with Crippen LogP contribution in [0.4, 0.5) is 0 Å². The molecular formula is C16H27N3O. The van der Waals surface area contributed by atoms with Gasteiger partial charge < -0.3 is 9.42 Å². The fourth-order valence-corrected chi connectivity index (χ4v) is 3.07. The van der Waals surface area contributed by atoms with Crippen molar-refractivity contribution < 1.29 is 4.52 Å². The fourth-order valence-electron chi connectivity index (χ4n) is 3.07. The molecule has 2 aliphatic rings. The van der Waals surface area contributed by atoms with E-state index in [-0.39, 0.29) is 11.0 Å². The second kappa shape index (κ2) is 4.85. The Kier molecular flexibility index (Phi) is 3.41. The average Bonchev–Trinajstić information content (AvgIpc) is 3.08. The molecule has 0 amide bonds. The third-order valence-electron chi connectivity index (χ3n) is 5.37. The SMILES string of the molecule is CCC(C)(C)c1cc(C2(N3CCN(C)CC3)CC2)no1. The zero-order valence-corrected chi connectivity index (χ0v) is 13.3. The summed E-state index contributed by atoms with van der Waals surface area (Å²) in [4.78, 5) is 5.02. The van der Waals surface area contributed by atoms with Crippen LogP contribution in [0.25, 0.3) is 0 Å². The summed E-state index contributed by atoms with van der Waals surface area (Å²) in [6.07, 6.45) is 3.54. The molecule has 4 heteroatoms. The van der Waals surface area contributed by atoms with Crippen LogP contribution in [-0.2, 0) is 11.0 Å². The Hall–Kier alpha value is -0.870. The quantitative estimate of drug-likeness (QED) is 0.847. The van der Waals surface area contributed by atoms with Gasteiger partial charge in [0.1, 0.15) is 11.5 Å². The van der Waals surface area contributed by atoms with Crippen molar-refractivity contribution in [2.75, 3.05) is 33.2 Å². The molecule has 1 aromatic rings. The molecule has 0 unspecified atom stereocenters. The van der Waals surface area contributed by atoms with E-state index in [2.05, 4.69) is 48.8 Å². The first-order valence-electron chi connectivity index (χ1n) is 7.89. The first kappa shape index (κ1) is 14.1. The molecule has 1 aliphatic carbocycles. The molecule has 0 atom stereocenters. The summed E-state index contributed by atoms with van der Waals surface area (Å²) in [6, 6.07) is 2.22. The molecular weight excluding hydrogens is 250 g/mol. The molecule has 2 fully saturated rings. The van der Waals surface area contributed by atoms with Gasteiger partial charge in [0, 0.05) is 37.7 Å². The van der Waals surface area contributed by atoms with E-state index in [1.807, 2.05) is 0 Å². The third kappa shape index (κ3) is 2.29. The number of hydrogen-bond acceptors (Lipinski definition) is 4. The first-order valence-corrected chi connectivity index (χ1v) is 7.89. The summed E-state index contributed by atoms with van der Waals surface area (Å²) in [5, 5.41) is 4.43. The molecule has 0 spiro atoms. The van der Waals surface area contributed by atoms with Crippen molar-refractivity contribution >= 4 is 0 Å². The van der Waals surface area contributed by atoms with E-state index < -0.39 is 0 Å². The third-order valence-corrected chi connectivity index (χ3v) is 5.37. The van der Waals surface area contributed by atoms with Gasteiger partial charge in [0.25, 0.3) is 0 Å². The Bertz CT molecular complexity index is 468. The molecule has 20 heavy (non-hydrogen) atoms. The molecule has 2 heterocycles. The zero-order valence-electron chi connectivity index (χ0n) is 13.3. The maximum atomic E-state index is 5.67. The van der Waals surface area contributed by atoms with Gasteiger partial charge >= 0.3 is 0 Å². The van der Waals surface area contributed by atoms with E-state index in [4.69, 9.17) is 4.52 Å². The van der Waals surface area contributed by atoms with E-state index in [1.165, 1.54) is 18.5 Å². The molecule has 0 N–H and O–H groups in total. The summed E-state index contributed by atoms with van der Waals surface area (Å²) in [7, 11) is 2.20. The topological polar surface area (TPSA) is 32.5 Å². The minimum atomic E-state index is 0.0868. The summed E-state index contributed by atoms with van der Waals surface area (Å²) < 4.78 is 5.67. The van der Waals surface area contributed by atoms with Crippen LogP contribution in [0.1, 0.15) is 51.5 Å². The van der Waals surface area contributed by atoms with Crippen LogP contribution in [0, 0.1) is 0 Å². The number of hydrogen-bond donors (Lipinski definition) is 0. The van der Waals surface area contributed by atoms with Crippen LogP contribution in [0.5, 0.6) is 0 Å². The van der Waals surface area contributed by atoms with Crippen LogP contribution in [0.2, 0.25) is 0 Å². The highest BCUT2D eigenvalue weighted by molar-refractivity contribution is 5.26. The van der Waals surface area contributed by atoms with Gasteiger partial charge in [-0.1, -0.05) is 25.9 Å². The largest absolute Gasteiger partial charge is 0.361 e. The van der Waals surface area contributed by atoms with E-state index in [9.17, 15) is 0 Å². The Morgan fingerprint density at radius 3 is 2.45 bits per heavy atom. The van der Waals surface area contributed by atoms with E-state index in [0.717, 1.165) is 38.4 Å². The number of aromatic nitrogens is 1. The van der Waals surface area contributed by atoms with Crippen LogP contribution in [0.3, 0.4) is 0 Å². The molecule has 0 bridgehead atoms. The number of likely N-dealkylation sites (N-methyl/N-ethyl adjacent to an activating group) is 1. The van der Waals surface area contributed by atoms with Crippen molar-refractivity contribution in [1.29, 1.82) is 0 Å². The Morgan fingerprint density at radius 1 is 1.25 bits per heavy atom. The Labute approximate surface area is 122 Å². The summed E-state index contributed by atoms with van der Waals surface area (Å²) in [5.41, 5.74) is 1.44. The minimum Gasteiger partial charge on any atom is -0.361 e. The summed E-state index contributed by atoms with van der Waals surface area (Å²) >= 11 is 0. The van der Waals surface area contributed by atoms with Gasteiger partial charge in [-0.15, -0.1) is 0 Å². The van der Waals surface area contributed by atoms with Crippen molar-refractivity contribution in [3.05, 3.63) is 17.5 Å². The standard InChI is InChI=1S/C16H27N3O/c1-5-15(2,3)14-12-13(17-20-14)16(6-7-16)19-10-8-18(4)9-11-19/h12H,5-11H2,1-4H3. The second-order valence-corrected chi connectivity index (χ2v) is 7.14. The lowest BCUT2D eigenvalue weighted by atomic mass is 9.87. The normalized spacial score (nSPS) is 24.0. The Morgan fingerprint density at radius 2 is 1.90 bits per heavy atom. The molecule has 1 saturated heterocycles. The van der Waals surface area contributed by atoms with Gasteiger partial charge in [-0.05, 0) is 26.3 Å². The average molecular weight is 277 g/mol. The maximum absolute atomic E-state index is 5.67. The monoisotopic (exact) mass is 277 g/mol. The van der Waals surface area contributed by atoms with Crippen molar-refractivity contribution in [1.82, 2.24) is 15.0 Å². The van der Waals surface area contributed by atoms with Crippen molar-refractivity contribution in [3.8, 4) is 0 Å². The van der Waals surface area contributed by atoms with Gasteiger partial charge in [-0.25, -0.2) is 0 Å². The lowest BCUT2D eigenvalue weighted by Crippen LogP contribution is -2.49. The highest BCUT2D eigenvalue weighted by atomic mass is 16.5. The van der Waals surface area contributed by atoms with Crippen molar-refractivity contribution in [2.45, 2.75) is 51.0 Å². The number of rotatable bonds is 4. The predicted molar refractivity (Wildman–Crippen MR) is 79.8 cm³/mol. The zero-order chi connectivity index (χ0) is 14.4. The van der Waals surface area contributed by atoms with E-state index in [0.29, 0.717) is 0 Å². The lowest BCUT2D eigenvalue weighted by Gasteiger charge is -2.37. The van der Waals surface area contributed by atoms with E-state index >= 15 is 0 Å². The summed E-state index contributed by atoms with van der Waals surface area (Å²) in [6.45, 7) is 11.3. The second-order valence-electron chi connectivity index (χ2n) is 7.14. The molecule has 3 rings (SSSR count). The summed E-state index contributed by atoms with van der Waals surface area (Å²) in [5.74, 6) is 1.04. The first-order chi connectivity index (χ1) is 9.48. The molecule has 0 radical (unpaired) electrons. The fraction of sp³-hybridized carbons (Fsp3) is 0.812. The van der Waals surface area contributed by atoms with E-state index in [1.54, 1.807) is 0 Å².